The highest BCUT2D eigenvalue weighted by molar-refractivity contribution is 6.14. The molecule has 0 bridgehead atoms. The molecule has 6 heteroatoms. The number of carbonyl (C=O) groups excluding carboxylic acids is 1. The molecule has 0 radical (unpaired) electrons. The molecule has 0 aliphatic rings. The molecule has 0 saturated carbocycles. The van der Waals surface area contributed by atoms with Crippen molar-refractivity contribution >= 4 is 22.5 Å². The van der Waals surface area contributed by atoms with Crippen LogP contribution in [0.1, 0.15) is 15.9 Å². The van der Waals surface area contributed by atoms with Gasteiger partial charge in [0, 0.05) is 11.3 Å². The fourth-order valence-electron chi connectivity index (χ4n) is 2.28. The first-order chi connectivity index (χ1) is 10.1. The molecular weight excluding hydrogens is 270 g/mol. The van der Waals surface area contributed by atoms with Gasteiger partial charge in [-0.25, -0.2) is 4.79 Å². The first kappa shape index (κ1) is 13.0. The van der Waals surface area contributed by atoms with Crippen molar-refractivity contribution in [2.75, 3.05) is 12.8 Å². The molecule has 0 aliphatic carbocycles. The second kappa shape index (κ2) is 4.82. The van der Waals surface area contributed by atoms with Crippen LogP contribution in [0.5, 0.6) is 5.75 Å². The molecule has 0 saturated heterocycles. The van der Waals surface area contributed by atoms with Gasteiger partial charge in [0.2, 0.25) is 0 Å². The van der Waals surface area contributed by atoms with Gasteiger partial charge in [-0.15, -0.1) is 0 Å². The number of ether oxygens (including phenoxy) is 1. The van der Waals surface area contributed by atoms with Crippen LogP contribution in [-0.4, -0.2) is 22.9 Å². The summed E-state index contributed by atoms with van der Waals surface area (Å²) in [6.07, 6.45) is 0. The van der Waals surface area contributed by atoms with Crippen LogP contribution in [0.25, 0.3) is 11.0 Å². The predicted molar refractivity (Wildman–Crippen MR) is 79.8 cm³/mol. The Morgan fingerprint density at radius 2 is 1.90 bits per heavy atom. The first-order valence-corrected chi connectivity index (χ1v) is 6.29. The average molecular weight is 283 g/mol. The van der Waals surface area contributed by atoms with Gasteiger partial charge in [0.15, 0.2) is 5.78 Å². The Kier molecular flexibility index (Phi) is 2.98. The van der Waals surface area contributed by atoms with Gasteiger partial charge >= 0.3 is 5.69 Å². The van der Waals surface area contributed by atoms with Crippen molar-refractivity contribution in [3.8, 4) is 5.75 Å². The number of anilines is 1. The maximum Gasteiger partial charge on any atom is 0.323 e. The highest BCUT2D eigenvalue weighted by atomic mass is 16.5. The first-order valence-electron chi connectivity index (χ1n) is 6.29. The highest BCUT2D eigenvalue weighted by Crippen LogP contribution is 2.27. The quantitative estimate of drug-likeness (QED) is 0.502. The SMILES string of the molecule is COc1cccc(N)c1C(=O)c1ccc2[nH]c(=O)[nH]c2c1. The lowest BCUT2D eigenvalue weighted by Crippen LogP contribution is -2.07. The van der Waals surface area contributed by atoms with Crippen molar-refractivity contribution in [2.45, 2.75) is 0 Å². The van der Waals surface area contributed by atoms with E-state index < -0.39 is 0 Å². The summed E-state index contributed by atoms with van der Waals surface area (Å²) >= 11 is 0. The number of nitrogens with one attached hydrogen (secondary N) is 2. The van der Waals surface area contributed by atoms with Crippen LogP contribution in [0.3, 0.4) is 0 Å². The Hall–Kier alpha value is -3.02. The van der Waals surface area contributed by atoms with E-state index in [2.05, 4.69) is 9.97 Å². The Bertz CT molecular complexity index is 893. The van der Waals surface area contributed by atoms with E-state index in [0.717, 1.165) is 0 Å². The predicted octanol–water partition coefficient (Wildman–Crippen LogP) is 1.68. The number of benzene rings is 2. The fourth-order valence-corrected chi connectivity index (χ4v) is 2.28. The number of nitrogen functional groups attached to an aromatic ring is 1. The van der Waals surface area contributed by atoms with Crippen molar-refractivity contribution in [2.24, 2.45) is 0 Å². The Morgan fingerprint density at radius 1 is 1.14 bits per heavy atom. The normalized spacial score (nSPS) is 10.7. The van der Waals surface area contributed by atoms with Gasteiger partial charge < -0.3 is 20.4 Å². The van der Waals surface area contributed by atoms with Crippen LogP contribution in [0, 0.1) is 0 Å². The van der Waals surface area contributed by atoms with E-state index >= 15 is 0 Å². The van der Waals surface area contributed by atoms with Crippen molar-refractivity contribution < 1.29 is 9.53 Å². The van der Waals surface area contributed by atoms with Gasteiger partial charge in [-0.1, -0.05) is 6.07 Å². The summed E-state index contributed by atoms with van der Waals surface area (Å²) in [6.45, 7) is 0. The van der Waals surface area contributed by atoms with Crippen LogP contribution >= 0.6 is 0 Å². The second-order valence-electron chi connectivity index (χ2n) is 4.59. The molecule has 1 aromatic heterocycles. The molecule has 6 nitrogen and oxygen atoms in total. The van der Waals surface area contributed by atoms with Gasteiger partial charge in [-0.3, -0.25) is 4.79 Å². The molecular formula is C15H13N3O3. The highest BCUT2D eigenvalue weighted by Gasteiger charge is 2.18. The summed E-state index contributed by atoms with van der Waals surface area (Å²) in [6, 6.07) is 9.97. The maximum atomic E-state index is 12.6. The molecule has 0 atom stereocenters. The third-order valence-corrected chi connectivity index (χ3v) is 3.28. The molecule has 106 valence electrons. The standard InChI is InChI=1S/C15H13N3O3/c1-21-12-4-2-3-9(16)13(12)14(19)8-5-6-10-11(7-8)18-15(20)17-10/h2-7H,16H2,1H3,(H2,17,18,20). The Balaban J connectivity index is 2.14. The summed E-state index contributed by atoms with van der Waals surface area (Å²) in [7, 11) is 1.48. The maximum absolute atomic E-state index is 12.6. The molecule has 1 heterocycles. The fraction of sp³-hybridized carbons (Fsp3) is 0.0667. The largest absolute Gasteiger partial charge is 0.496 e. The van der Waals surface area contributed by atoms with Crippen molar-refractivity contribution in [3.63, 3.8) is 0 Å². The third-order valence-electron chi connectivity index (χ3n) is 3.28. The molecule has 0 amide bonds. The molecule has 0 spiro atoms. The van der Waals surface area contributed by atoms with Crippen molar-refractivity contribution in [1.82, 2.24) is 9.97 Å². The van der Waals surface area contributed by atoms with E-state index in [-0.39, 0.29) is 11.5 Å². The summed E-state index contributed by atoms with van der Waals surface area (Å²) in [5.41, 5.74) is 7.88. The molecule has 0 fully saturated rings. The molecule has 2 aromatic carbocycles. The van der Waals surface area contributed by atoms with Crippen LogP contribution < -0.4 is 16.2 Å². The number of rotatable bonds is 3. The Labute approximate surface area is 119 Å². The zero-order valence-electron chi connectivity index (χ0n) is 11.3. The average Bonchev–Trinajstić information content (AvgIpc) is 2.85. The number of H-pyrrole nitrogens is 2. The minimum Gasteiger partial charge on any atom is -0.496 e. The summed E-state index contributed by atoms with van der Waals surface area (Å²) in [5.74, 6) is 0.163. The van der Waals surface area contributed by atoms with Gasteiger partial charge in [0.25, 0.3) is 0 Å². The molecule has 3 rings (SSSR count). The van der Waals surface area contributed by atoms with Gasteiger partial charge in [0.1, 0.15) is 5.75 Å². The number of ketones is 1. The Morgan fingerprint density at radius 3 is 2.67 bits per heavy atom. The number of carbonyl (C=O) groups is 1. The number of aromatic amines is 2. The van der Waals surface area contributed by atoms with E-state index in [1.54, 1.807) is 36.4 Å². The lowest BCUT2D eigenvalue weighted by molar-refractivity contribution is 0.103. The van der Waals surface area contributed by atoms with Crippen LogP contribution in [-0.2, 0) is 0 Å². The van der Waals surface area contributed by atoms with Gasteiger partial charge in [-0.2, -0.15) is 0 Å². The second-order valence-corrected chi connectivity index (χ2v) is 4.59. The van der Waals surface area contributed by atoms with E-state index in [4.69, 9.17) is 10.5 Å². The molecule has 21 heavy (non-hydrogen) atoms. The van der Waals surface area contributed by atoms with Crippen molar-refractivity contribution in [1.29, 1.82) is 0 Å². The summed E-state index contributed by atoms with van der Waals surface area (Å²) in [5, 5.41) is 0. The number of imidazole rings is 1. The molecule has 4 N–H and O–H groups in total. The van der Waals surface area contributed by atoms with Crippen LogP contribution in [0.15, 0.2) is 41.2 Å². The number of methoxy groups -OCH3 is 1. The third kappa shape index (κ3) is 2.16. The zero-order chi connectivity index (χ0) is 15.0. The van der Waals surface area contributed by atoms with Crippen LogP contribution in [0.2, 0.25) is 0 Å². The minimum absolute atomic E-state index is 0.256. The van der Waals surface area contributed by atoms with E-state index in [1.165, 1.54) is 7.11 Å². The molecule has 0 aliphatic heterocycles. The number of nitrogens with two attached hydrogens (primary N) is 1. The number of aromatic nitrogens is 2. The molecule has 3 aromatic rings. The molecule has 0 unspecified atom stereocenters. The van der Waals surface area contributed by atoms with E-state index in [1.807, 2.05) is 0 Å². The lowest BCUT2D eigenvalue weighted by Gasteiger charge is -2.10. The number of hydrogen-bond donors (Lipinski definition) is 3. The minimum atomic E-state index is -0.314. The lowest BCUT2D eigenvalue weighted by atomic mass is 10.0. The smallest absolute Gasteiger partial charge is 0.323 e. The van der Waals surface area contributed by atoms with Gasteiger partial charge in [-0.05, 0) is 30.3 Å². The van der Waals surface area contributed by atoms with Crippen LogP contribution in [0.4, 0.5) is 5.69 Å². The van der Waals surface area contributed by atoms with Gasteiger partial charge in [0.05, 0.1) is 23.7 Å². The monoisotopic (exact) mass is 283 g/mol. The van der Waals surface area contributed by atoms with E-state index in [0.29, 0.717) is 33.6 Å². The summed E-state index contributed by atoms with van der Waals surface area (Å²) in [4.78, 5) is 29.1. The summed E-state index contributed by atoms with van der Waals surface area (Å²) < 4.78 is 5.20. The number of hydrogen-bond acceptors (Lipinski definition) is 4. The number of fused-ring (bicyclic) bond motifs is 1. The topological polar surface area (TPSA) is 101 Å². The van der Waals surface area contributed by atoms with E-state index in [9.17, 15) is 9.59 Å². The van der Waals surface area contributed by atoms with Crippen molar-refractivity contribution in [3.05, 3.63) is 58.0 Å². The zero-order valence-corrected chi connectivity index (χ0v) is 11.3.